The Labute approximate surface area is 212 Å². The molecule has 3 saturated carbocycles. The minimum Gasteiger partial charge on any atom is -0.394 e. The van der Waals surface area contributed by atoms with E-state index in [9.17, 15) is 40.9 Å². The number of aliphatic hydroxyl groups excluding tert-OH is 7. The zero-order valence-electron chi connectivity index (χ0n) is 21.6. The lowest BCUT2D eigenvalue weighted by Crippen LogP contribution is -2.78. The summed E-state index contributed by atoms with van der Waals surface area (Å²) in [5.41, 5.74) is -4.39. The molecular weight excluding hydrogens is 472 g/mol. The van der Waals surface area contributed by atoms with Crippen LogP contribution in [0.5, 0.6) is 0 Å². The second kappa shape index (κ2) is 9.22. The minimum absolute atomic E-state index is 0.118. The van der Waals surface area contributed by atoms with Crippen LogP contribution in [0, 0.1) is 28.1 Å². The van der Waals surface area contributed by atoms with Crippen molar-refractivity contribution in [1.82, 2.24) is 0 Å². The zero-order chi connectivity index (χ0) is 27.0. The van der Waals surface area contributed by atoms with Crippen LogP contribution in [0.15, 0.2) is 12.7 Å². The number of hydrogen-bond acceptors (Lipinski definition) is 10. The van der Waals surface area contributed by atoms with Crippen LogP contribution >= 0.6 is 0 Å². The Kier molecular flexibility index (Phi) is 7.26. The number of aliphatic hydroxyl groups is 8. The van der Waals surface area contributed by atoms with Gasteiger partial charge in [-0.15, -0.1) is 6.58 Å². The molecule has 0 aromatic carbocycles. The largest absolute Gasteiger partial charge is 0.394 e. The van der Waals surface area contributed by atoms with Gasteiger partial charge < -0.3 is 50.3 Å². The van der Waals surface area contributed by atoms with E-state index in [4.69, 9.17) is 9.47 Å². The first kappa shape index (κ1) is 28.4. The van der Waals surface area contributed by atoms with Crippen molar-refractivity contribution in [2.24, 2.45) is 28.1 Å². The number of rotatable bonds is 4. The van der Waals surface area contributed by atoms with E-state index < -0.39 is 84.1 Å². The van der Waals surface area contributed by atoms with Crippen molar-refractivity contribution < 1.29 is 50.3 Å². The van der Waals surface area contributed by atoms with Gasteiger partial charge in [0.2, 0.25) is 0 Å². The third-order valence-corrected chi connectivity index (χ3v) is 10.3. The lowest BCUT2D eigenvalue weighted by atomic mass is 9.39. The third kappa shape index (κ3) is 3.84. The van der Waals surface area contributed by atoms with Crippen LogP contribution in [0.2, 0.25) is 0 Å². The minimum atomic E-state index is -2.06. The monoisotopic (exact) mass is 516 g/mol. The Hall–Kier alpha value is -0.660. The van der Waals surface area contributed by atoms with Gasteiger partial charge in [-0.1, -0.05) is 33.8 Å². The molecule has 8 N–H and O–H groups in total. The van der Waals surface area contributed by atoms with Crippen LogP contribution in [0.1, 0.15) is 53.4 Å². The van der Waals surface area contributed by atoms with Crippen molar-refractivity contribution >= 4 is 0 Å². The molecule has 10 nitrogen and oxygen atoms in total. The van der Waals surface area contributed by atoms with Gasteiger partial charge in [0.15, 0.2) is 6.29 Å². The Morgan fingerprint density at radius 3 is 2.22 bits per heavy atom. The molecule has 0 aromatic heterocycles. The van der Waals surface area contributed by atoms with Gasteiger partial charge in [0.25, 0.3) is 0 Å². The van der Waals surface area contributed by atoms with E-state index in [0.717, 1.165) is 0 Å². The summed E-state index contributed by atoms with van der Waals surface area (Å²) in [4.78, 5) is 0. The fourth-order valence-electron chi connectivity index (χ4n) is 8.20. The predicted molar refractivity (Wildman–Crippen MR) is 127 cm³/mol. The maximum Gasteiger partial charge on any atom is 0.186 e. The molecule has 0 aromatic rings. The highest BCUT2D eigenvalue weighted by Crippen LogP contribution is 2.67. The number of hydrogen-bond donors (Lipinski definition) is 8. The van der Waals surface area contributed by atoms with Gasteiger partial charge in [0, 0.05) is 16.7 Å². The van der Waals surface area contributed by atoms with Crippen LogP contribution in [-0.2, 0) is 9.47 Å². The molecule has 4 fully saturated rings. The van der Waals surface area contributed by atoms with Crippen LogP contribution in [0.4, 0.5) is 0 Å². The maximum atomic E-state index is 12.0. The molecule has 0 radical (unpaired) electrons. The van der Waals surface area contributed by atoms with Crippen molar-refractivity contribution in [2.75, 3.05) is 6.61 Å². The van der Waals surface area contributed by atoms with Crippen molar-refractivity contribution in [2.45, 2.75) is 114 Å². The summed E-state index contributed by atoms with van der Waals surface area (Å²) in [5.74, 6) is -1.24. The Balaban J connectivity index is 1.77. The summed E-state index contributed by atoms with van der Waals surface area (Å²) in [6, 6.07) is 0. The molecule has 4 aliphatic rings. The first-order valence-electron chi connectivity index (χ1n) is 13.0. The SMILES string of the molecule is C=C[C@]1(C)C[C@@H](O)[C@H]2[C@@]3(C)[C@H](C[C@@H](O)[C@@]2(O)[C@@H]1O)C(C)(C)CC[C@H]3O[C@@H]1O[C@H](CO)[C@@H](O)[C@H](O)[C@H]1O. The van der Waals surface area contributed by atoms with E-state index >= 15 is 0 Å². The molecule has 14 atom stereocenters. The Morgan fingerprint density at radius 1 is 1.00 bits per heavy atom. The average Bonchev–Trinajstić information content (AvgIpc) is 2.81. The highest BCUT2D eigenvalue weighted by atomic mass is 16.7. The normalized spacial score (nSPS) is 56.9. The van der Waals surface area contributed by atoms with Crippen molar-refractivity contribution in [3.63, 3.8) is 0 Å². The fraction of sp³-hybridized carbons (Fsp3) is 0.923. The van der Waals surface area contributed by atoms with Crippen molar-refractivity contribution in [1.29, 1.82) is 0 Å². The smallest absolute Gasteiger partial charge is 0.186 e. The predicted octanol–water partition coefficient (Wildman–Crippen LogP) is -0.956. The van der Waals surface area contributed by atoms with Gasteiger partial charge in [-0.05, 0) is 37.0 Å². The van der Waals surface area contributed by atoms with Crippen LogP contribution in [0.25, 0.3) is 0 Å². The molecule has 208 valence electrons. The lowest BCUT2D eigenvalue weighted by Gasteiger charge is -2.69. The Bertz CT molecular complexity index is 836. The van der Waals surface area contributed by atoms with Crippen LogP contribution < -0.4 is 0 Å². The standard InChI is InChI=1S/C26H44O10/c1-6-24(4)10-12(28)20-25(5)14(9-15(29)26(20,34)22(24)33)23(2,3)8-7-16(25)36-21-19(32)18(31)17(30)13(11-27)35-21/h6,12-22,27-34H,1,7-11H2,2-5H3/t12-,13-,14-,15-,16-,17-,18+,19-,20+,21+,22-,24-,25+,26+/m1/s1. The molecule has 4 rings (SSSR count). The van der Waals surface area contributed by atoms with E-state index in [1.54, 1.807) is 6.92 Å². The first-order chi connectivity index (χ1) is 16.6. The maximum absolute atomic E-state index is 12.0. The van der Waals surface area contributed by atoms with E-state index in [1.807, 2.05) is 6.92 Å². The molecular formula is C26H44O10. The highest BCUT2D eigenvalue weighted by Gasteiger charge is 2.73. The topological polar surface area (TPSA) is 180 Å². The summed E-state index contributed by atoms with van der Waals surface area (Å²) in [5, 5.41) is 86.9. The summed E-state index contributed by atoms with van der Waals surface area (Å²) in [7, 11) is 0. The lowest BCUT2D eigenvalue weighted by molar-refractivity contribution is -0.362. The highest BCUT2D eigenvalue weighted by molar-refractivity contribution is 5.24. The van der Waals surface area contributed by atoms with Gasteiger partial charge >= 0.3 is 0 Å². The summed E-state index contributed by atoms with van der Waals surface area (Å²) >= 11 is 0. The van der Waals surface area contributed by atoms with Gasteiger partial charge in [-0.3, -0.25) is 0 Å². The molecule has 1 aliphatic heterocycles. The summed E-state index contributed by atoms with van der Waals surface area (Å²) < 4.78 is 11.9. The number of fused-ring (bicyclic) bond motifs is 3. The van der Waals surface area contributed by atoms with E-state index in [0.29, 0.717) is 12.8 Å². The third-order valence-electron chi connectivity index (χ3n) is 10.3. The van der Waals surface area contributed by atoms with E-state index in [-0.39, 0.29) is 24.2 Å². The molecule has 3 aliphatic carbocycles. The Morgan fingerprint density at radius 2 is 1.64 bits per heavy atom. The van der Waals surface area contributed by atoms with Gasteiger partial charge in [-0.25, -0.2) is 0 Å². The molecule has 0 spiro atoms. The van der Waals surface area contributed by atoms with Crippen molar-refractivity contribution in [3.8, 4) is 0 Å². The molecule has 0 unspecified atom stereocenters. The molecule has 36 heavy (non-hydrogen) atoms. The van der Waals surface area contributed by atoms with Crippen LogP contribution in [-0.4, -0.2) is 108 Å². The average molecular weight is 517 g/mol. The quantitative estimate of drug-likeness (QED) is 0.217. The summed E-state index contributed by atoms with van der Waals surface area (Å²) in [6.45, 7) is 10.9. The summed E-state index contributed by atoms with van der Waals surface area (Å²) in [6.07, 6.45) is -8.88. The first-order valence-corrected chi connectivity index (χ1v) is 13.0. The second-order valence-corrected chi connectivity index (χ2v) is 12.8. The van der Waals surface area contributed by atoms with Gasteiger partial charge in [0.1, 0.15) is 30.0 Å². The zero-order valence-corrected chi connectivity index (χ0v) is 21.6. The molecule has 0 amide bonds. The molecule has 0 bridgehead atoms. The van der Waals surface area contributed by atoms with E-state index in [1.165, 1.54) is 6.08 Å². The van der Waals surface area contributed by atoms with Crippen LogP contribution in [0.3, 0.4) is 0 Å². The molecule has 10 heteroatoms. The number of ether oxygens (including phenoxy) is 2. The van der Waals surface area contributed by atoms with E-state index in [2.05, 4.69) is 20.4 Å². The molecule has 1 saturated heterocycles. The second-order valence-electron chi connectivity index (χ2n) is 12.8. The van der Waals surface area contributed by atoms with Gasteiger partial charge in [0.05, 0.1) is 31.0 Å². The van der Waals surface area contributed by atoms with Gasteiger partial charge in [-0.2, -0.15) is 0 Å². The fourth-order valence-corrected chi connectivity index (χ4v) is 8.20. The van der Waals surface area contributed by atoms with Crippen molar-refractivity contribution in [3.05, 3.63) is 12.7 Å². The molecule has 1 heterocycles.